The first kappa shape index (κ1) is 11.3. The number of aldehydes is 1. The van der Waals surface area contributed by atoms with E-state index in [2.05, 4.69) is 9.88 Å². The van der Waals surface area contributed by atoms with Crippen molar-refractivity contribution in [3.63, 3.8) is 0 Å². The zero-order valence-electron chi connectivity index (χ0n) is 9.56. The number of pyridine rings is 1. The fourth-order valence-corrected chi connectivity index (χ4v) is 2.21. The van der Waals surface area contributed by atoms with Gasteiger partial charge in [0.15, 0.2) is 6.29 Å². The molecule has 0 unspecified atom stereocenters. The van der Waals surface area contributed by atoms with E-state index in [1.54, 1.807) is 6.20 Å². The third kappa shape index (κ3) is 2.89. The minimum atomic E-state index is 0.736. The number of nitrogens with zero attached hydrogens (tertiary/aromatic N) is 2. The molecule has 3 heteroatoms. The Hall–Kier alpha value is -1.22. The molecule has 1 saturated heterocycles. The zero-order valence-corrected chi connectivity index (χ0v) is 9.56. The molecule has 16 heavy (non-hydrogen) atoms. The number of piperidine rings is 1. The molecule has 1 aliphatic rings. The second-order valence-electron chi connectivity index (χ2n) is 4.31. The van der Waals surface area contributed by atoms with E-state index in [9.17, 15) is 4.79 Å². The van der Waals surface area contributed by atoms with Gasteiger partial charge in [-0.3, -0.25) is 9.78 Å². The average molecular weight is 218 g/mol. The van der Waals surface area contributed by atoms with Gasteiger partial charge in [-0.05, 0) is 38.1 Å². The molecule has 86 valence electrons. The van der Waals surface area contributed by atoms with Crippen molar-refractivity contribution in [2.24, 2.45) is 0 Å². The van der Waals surface area contributed by atoms with Crippen molar-refractivity contribution in [1.29, 1.82) is 0 Å². The number of rotatable bonds is 4. The van der Waals surface area contributed by atoms with Gasteiger partial charge in [-0.2, -0.15) is 0 Å². The van der Waals surface area contributed by atoms with E-state index in [1.165, 1.54) is 32.4 Å². The molecule has 2 heterocycles. The fraction of sp³-hybridized carbons (Fsp3) is 0.538. The highest BCUT2D eigenvalue weighted by Crippen LogP contribution is 2.10. The Bertz CT molecular complexity index is 346. The molecule has 0 N–H and O–H groups in total. The smallest absolute Gasteiger partial charge is 0.151 e. The highest BCUT2D eigenvalue weighted by molar-refractivity contribution is 5.76. The number of likely N-dealkylation sites (tertiary alicyclic amines) is 1. The van der Waals surface area contributed by atoms with Gasteiger partial charge in [0.05, 0.1) is 5.69 Å². The molecule has 0 bridgehead atoms. The summed E-state index contributed by atoms with van der Waals surface area (Å²) in [4.78, 5) is 17.6. The molecular formula is C13H18N2O. The highest BCUT2D eigenvalue weighted by Gasteiger charge is 2.10. The van der Waals surface area contributed by atoms with Gasteiger partial charge in [-0.15, -0.1) is 0 Å². The topological polar surface area (TPSA) is 33.2 Å². The van der Waals surface area contributed by atoms with Crippen LogP contribution in [0.2, 0.25) is 0 Å². The summed E-state index contributed by atoms with van der Waals surface area (Å²) in [6.45, 7) is 3.42. The highest BCUT2D eigenvalue weighted by atomic mass is 16.1. The van der Waals surface area contributed by atoms with Crippen molar-refractivity contribution in [1.82, 2.24) is 9.88 Å². The van der Waals surface area contributed by atoms with Gasteiger partial charge >= 0.3 is 0 Å². The third-order valence-corrected chi connectivity index (χ3v) is 3.17. The van der Waals surface area contributed by atoms with E-state index < -0.39 is 0 Å². The summed E-state index contributed by atoms with van der Waals surface area (Å²) in [6.07, 6.45) is 7.52. The Labute approximate surface area is 96.5 Å². The van der Waals surface area contributed by atoms with Crippen LogP contribution in [0.4, 0.5) is 0 Å². The molecular weight excluding hydrogens is 200 g/mol. The van der Waals surface area contributed by atoms with Crippen LogP contribution in [0.1, 0.15) is 35.3 Å². The lowest BCUT2D eigenvalue weighted by atomic mass is 10.1. The molecule has 2 rings (SSSR count). The van der Waals surface area contributed by atoms with E-state index in [0.717, 1.165) is 30.5 Å². The fourth-order valence-electron chi connectivity index (χ4n) is 2.21. The van der Waals surface area contributed by atoms with E-state index in [4.69, 9.17) is 0 Å². The van der Waals surface area contributed by atoms with Crippen LogP contribution in [0.15, 0.2) is 18.3 Å². The minimum absolute atomic E-state index is 0.736. The molecule has 0 aromatic carbocycles. The first-order valence-electron chi connectivity index (χ1n) is 6.01. The lowest BCUT2D eigenvalue weighted by Crippen LogP contribution is -2.31. The van der Waals surface area contributed by atoms with E-state index in [-0.39, 0.29) is 0 Å². The molecule has 1 fully saturated rings. The first-order valence-corrected chi connectivity index (χ1v) is 6.01. The Morgan fingerprint density at radius 2 is 2.12 bits per heavy atom. The van der Waals surface area contributed by atoms with E-state index >= 15 is 0 Å². The predicted octanol–water partition coefficient (Wildman–Crippen LogP) is 1.92. The van der Waals surface area contributed by atoms with Gasteiger partial charge in [0.2, 0.25) is 0 Å². The van der Waals surface area contributed by atoms with Crippen LogP contribution in [-0.2, 0) is 6.42 Å². The van der Waals surface area contributed by atoms with Gasteiger partial charge < -0.3 is 4.90 Å². The lowest BCUT2D eigenvalue weighted by Gasteiger charge is -2.26. The number of hydrogen-bond donors (Lipinski definition) is 0. The van der Waals surface area contributed by atoms with Crippen molar-refractivity contribution < 1.29 is 4.79 Å². The number of carbonyl (C=O) groups excluding carboxylic acids is 1. The third-order valence-electron chi connectivity index (χ3n) is 3.17. The van der Waals surface area contributed by atoms with Crippen molar-refractivity contribution in [2.75, 3.05) is 19.6 Å². The maximum Gasteiger partial charge on any atom is 0.151 e. The van der Waals surface area contributed by atoms with Crippen LogP contribution in [0.3, 0.4) is 0 Å². The molecule has 0 aliphatic carbocycles. The molecule has 0 radical (unpaired) electrons. The molecule has 3 nitrogen and oxygen atoms in total. The number of carbonyl (C=O) groups is 1. The summed E-state index contributed by atoms with van der Waals surface area (Å²) in [6, 6.07) is 3.65. The van der Waals surface area contributed by atoms with Crippen LogP contribution in [0.25, 0.3) is 0 Å². The molecule has 1 aliphatic heterocycles. The SMILES string of the molecule is O=Cc1cccnc1CCN1CCCCC1. The second-order valence-corrected chi connectivity index (χ2v) is 4.31. The molecule has 0 spiro atoms. The summed E-state index contributed by atoms with van der Waals surface area (Å²) in [7, 11) is 0. The predicted molar refractivity (Wildman–Crippen MR) is 63.6 cm³/mol. The normalized spacial score (nSPS) is 17.2. The lowest BCUT2D eigenvalue weighted by molar-refractivity contribution is 0.112. The van der Waals surface area contributed by atoms with Crippen molar-refractivity contribution in [3.8, 4) is 0 Å². The van der Waals surface area contributed by atoms with Crippen LogP contribution in [0, 0.1) is 0 Å². The quantitative estimate of drug-likeness (QED) is 0.724. The second kappa shape index (κ2) is 5.75. The minimum Gasteiger partial charge on any atom is -0.303 e. The van der Waals surface area contributed by atoms with Gasteiger partial charge in [0, 0.05) is 24.7 Å². The van der Waals surface area contributed by atoms with Crippen molar-refractivity contribution >= 4 is 6.29 Å². The van der Waals surface area contributed by atoms with Gasteiger partial charge in [-0.1, -0.05) is 6.42 Å². The molecule has 0 atom stereocenters. The summed E-state index contributed by atoms with van der Waals surface area (Å²) >= 11 is 0. The molecule has 1 aromatic heterocycles. The summed E-state index contributed by atoms with van der Waals surface area (Å²) < 4.78 is 0. The van der Waals surface area contributed by atoms with Crippen LogP contribution < -0.4 is 0 Å². The van der Waals surface area contributed by atoms with E-state index in [1.807, 2.05) is 12.1 Å². The maximum absolute atomic E-state index is 10.8. The summed E-state index contributed by atoms with van der Waals surface area (Å²) in [5.74, 6) is 0. The molecule has 0 amide bonds. The van der Waals surface area contributed by atoms with Gasteiger partial charge in [0.1, 0.15) is 0 Å². The number of aromatic nitrogens is 1. The Kier molecular flexibility index (Phi) is 4.05. The molecule has 0 saturated carbocycles. The van der Waals surface area contributed by atoms with Gasteiger partial charge in [-0.25, -0.2) is 0 Å². The van der Waals surface area contributed by atoms with Crippen molar-refractivity contribution in [3.05, 3.63) is 29.6 Å². The summed E-state index contributed by atoms with van der Waals surface area (Å²) in [5, 5.41) is 0. The van der Waals surface area contributed by atoms with Crippen LogP contribution in [0.5, 0.6) is 0 Å². The zero-order chi connectivity index (χ0) is 11.2. The Balaban J connectivity index is 1.90. The van der Waals surface area contributed by atoms with Crippen molar-refractivity contribution in [2.45, 2.75) is 25.7 Å². The monoisotopic (exact) mass is 218 g/mol. The number of hydrogen-bond acceptors (Lipinski definition) is 3. The maximum atomic E-state index is 10.8. The van der Waals surface area contributed by atoms with Crippen LogP contribution >= 0.6 is 0 Å². The van der Waals surface area contributed by atoms with Gasteiger partial charge in [0.25, 0.3) is 0 Å². The largest absolute Gasteiger partial charge is 0.303 e. The standard InChI is InChI=1S/C13H18N2O/c16-11-12-5-4-7-14-13(12)6-10-15-8-2-1-3-9-15/h4-5,7,11H,1-3,6,8-10H2. The Morgan fingerprint density at radius 3 is 2.88 bits per heavy atom. The molecule has 1 aromatic rings. The van der Waals surface area contributed by atoms with Crippen LogP contribution in [-0.4, -0.2) is 35.8 Å². The average Bonchev–Trinajstić information content (AvgIpc) is 2.38. The summed E-state index contributed by atoms with van der Waals surface area (Å²) in [5.41, 5.74) is 1.67. The Morgan fingerprint density at radius 1 is 1.31 bits per heavy atom. The van der Waals surface area contributed by atoms with E-state index in [0.29, 0.717) is 0 Å². The first-order chi connectivity index (χ1) is 7.90.